The van der Waals surface area contributed by atoms with Crippen LogP contribution in [0.4, 0.5) is 0 Å². The van der Waals surface area contributed by atoms with Gasteiger partial charge in [0, 0.05) is 6.54 Å². The maximum atomic E-state index is 12.1. The summed E-state index contributed by atoms with van der Waals surface area (Å²) in [4.78, 5) is 17.4. The molecule has 1 atom stereocenters. The van der Waals surface area contributed by atoms with Gasteiger partial charge in [-0.15, -0.1) is 36.2 Å². The predicted octanol–water partition coefficient (Wildman–Crippen LogP) is 3.28. The van der Waals surface area contributed by atoms with E-state index in [9.17, 15) is 4.79 Å². The van der Waals surface area contributed by atoms with Crippen molar-refractivity contribution in [1.29, 1.82) is 0 Å². The number of hydrogen-bond donors (Lipinski definition) is 2. The van der Waals surface area contributed by atoms with Gasteiger partial charge in [-0.25, -0.2) is 4.98 Å². The van der Waals surface area contributed by atoms with Gasteiger partial charge in [0.2, 0.25) is 11.8 Å². The van der Waals surface area contributed by atoms with Gasteiger partial charge in [0.15, 0.2) is 0 Å². The molecular formula is C15H23Cl2N3O2S. The van der Waals surface area contributed by atoms with Crippen molar-refractivity contribution in [1.82, 2.24) is 10.3 Å². The number of nitrogens with one attached hydrogen (secondary N) is 1. The van der Waals surface area contributed by atoms with Crippen LogP contribution in [-0.4, -0.2) is 23.0 Å². The molecule has 0 aliphatic heterocycles. The van der Waals surface area contributed by atoms with Crippen LogP contribution in [0.25, 0.3) is 10.8 Å². The summed E-state index contributed by atoms with van der Waals surface area (Å²) in [5, 5.41) is 4.95. The summed E-state index contributed by atoms with van der Waals surface area (Å²) in [6.07, 6.45) is 1.72. The molecule has 0 spiro atoms. The maximum Gasteiger partial charge on any atom is 0.236 e. The second-order valence-corrected chi connectivity index (χ2v) is 6.57. The van der Waals surface area contributed by atoms with Gasteiger partial charge < -0.3 is 15.5 Å². The lowest BCUT2D eigenvalue weighted by atomic mass is 9.88. The molecule has 0 radical (unpaired) electrons. The Labute approximate surface area is 152 Å². The minimum Gasteiger partial charge on any atom is -0.444 e. The summed E-state index contributed by atoms with van der Waals surface area (Å²) in [6, 6.07) is 3.87. The van der Waals surface area contributed by atoms with Crippen LogP contribution >= 0.6 is 36.2 Å². The first-order valence-corrected chi connectivity index (χ1v) is 7.82. The molecule has 3 N–H and O–H groups in total. The maximum absolute atomic E-state index is 12.1. The lowest BCUT2D eigenvalue weighted by Gasteiger charge is -2.33. The molecule has 1 unspecified atom stereocenters. The van der Waals surface area contributed by atoms with E-state index in [1.807, 2.05) is 38.3 Å². The van der Waals surface area contributed by atoms with E-state index in [0.717, 1.165) is 4.88 Å². The van der Waals surface area contributed by atoms with Gasteiger partial charge >= 0.3 is 0 Å². The molecule has 1 amide bonds. The van der Waals surface area contributed by atoms with Gasteiger partial charge in [-0.1, -0.05) is 19.9 Å². The standard InChI is InChI=1S/C15H21N3O2S.2ClH/c1-10(2)15(3,9-16)18-13(19)7-11-8-20-14(17-11)12-5-4-6-21-12;;/h4-6,8,10H,7,9,16H2,1-3H3,(H,18,19);2*1H. The van der Waals surface area contributed by atoms with Crippen molar-refractivity contribution < 1.29 is 9.21 Å². The summed E-state index contributed by atoms with van der Waals surface area (Å²) in [7, 11) is 0. The molecule has 0 saturated carbocycles. The molecule has 0 bridgehead atoms. The summed E-state index contributed by atoms with van der Waals surface area (Å²) in [6.45, 7) is 6.43. The van der Waals surface area contributed by atoms with Crippen molar-refractivity contribution in [3.63, 3.8) is 0 Å². The fourth-order valence-electron chi connectivity index (χ4n) is 1.86. The number of aromatic nitrogens is 1. The van der Waals surface area contributed by atoms with E-state index in [1.165, 1.54) is 6.26 Å². The molecule has 5 nitrogen and oxygen atoms in total. The van der Waals surface area contributed by atoms with E-state index in [1.54, 1.807) is 11.3 Å². The molecule has 2 aromatic rings. The minimum atomic E-state index is -0.405. The second-order valence-electron chi connectivity index (χ2n) is 5.62. The van der Waals surface area contributed by atoms with E-state index in [4.69, 9.17) is 10.2 Å². The van der Waals surface area contributed by atoms with E-state index in [2.05, 4.69) is 10.3 Å². The average molecular weight is 380 g/mol. The van der Waals surface area contributed by atoms with Crippen molar-refractivity contribution >= 4 is 42.1 Å². The fraction of sp³-hybridized carbons (Fsp3) is 0.467. The van der Waals surface area contributed by atoms with Gasteiger partial charge in [-0.05, 0) is 24.3 Å². The van der Waals surface area contributed by atoms with E-state index in [0.29, 0.717) is 18.1 Å². The van der Waals surface area contributed by atoms with Crippen molar-refractivity contribution in [2.75, 3.05) is 6.54 Å². The molecule has 0 aromatic carbocycles. The zero-order valence-electron chi connectivity index (χ0n) is 13.4. The first-order chi connectivity index (χ1) is 9.94. The largest absolute Gasteiger partial charge is 0.444 e. The number of halogens is 2. The Bertz CT molecular complexity index is 602. The van der Waals surface area contributed by atoms with Crippen molar-refractivity contribution in [2.24, 2.45) is 11.7 Å². The molecule has 0 aliphatic rings. The molecule has 2 rings (SSSR count). The Morgan fingerprint density at radius 2 is 2.17 bits per heavy atom. The van der Waals surface area contributed by atoms with E-state index >= 15 is 0 Å². The third-order valence-electron chi connectivity index (χ3n) is 3.75. The third-order valence-corrected chi connectivity index (χ3v) is 4.61. The summed E-state index contributed by atoms with van der Waals surface area (Å²) < 4.78 is 5.41. The zero-order valence-corrected chi connectivity index (χ0v) is 15.8. The van der Waals surface area contributed by atoms with Gasteiger partial charge in [0.25, 0.3) is 0 Å². The first kappa shape index (κ1) is 21.9. The highest BCUT2D eigenvalue weighted by molar-refractivity contribution is 7.13. The topological polar surface area (TPSA) is 81.1 Å². The van der Waals surface area contributed by atoms with Crippen LogP contribution in [0.1, 0.15) is 26.5 Å². The molecule has 2 heterocycles. The van der Waals surface area contributed by atoms with Crippen LogP contribution in [0.15, 0.2) is 28.2 Å². The van der Waals surface area contributed by atoms with Gasteiger partial charge in [-0.2, -0.15) is 0 Å². The lowest BCUT2D eigenvalue weighted by Crippen LogP contribution is -2.55. The van der Waals surface area contributed by atoms with Gasteiger partial charge in [-0.3, -0.25) is 4.79 Å². The highest BCUT2D eigenvalue weighted by Crippen LogP contribution is 2.23. The minimum absolute atomic E-state index is 0. The summed E-state index contributed by atoms with van der Waals surface area (Å²) in [5.41, 5.74) is 5.99. The van der Waals surface area contributed by atoms with Crippen LogP contribution in [-0.2, 0) is 11.2 Å². The predicted molar refractivity (Wildman–Crippen MR) is 98.5 cm³/mol. The fourth-order valence-corrected chi connectivity index (χ4v) is 2.52. The molecule has 8 heteroatoms. The smallest absolute Gasteiger partial charge is 0.236 e. The van der Waals surface area contributed by atoms with Crippen LogP contribution in [0.5, 0.6) is 0 Å². The Morgan fingerprint density at radius 1 is 1.48 bits per heavy atom. The third kappa shape index (κ3) is 5.49. The van der Waals surface area contributed by atoms with Crippen molar-refractivity contribution in [3.05, 3.63) is 29.5 Å². The van der Waals surface area contributed by atoms with E-state index in [-0.39, 0.29) is 43.1 Å². The quantitative estimate of drug-likeness (QED) is 0.806. The number of amides is 1. The SMILES string of the molecule is CC(C)C(C)(CN)NC(=O)Cc1coc(-c2cccs2)n1.Cl.Cl. The Morgan fingerprint density at radius 3 is 2.70 bits per heavy atom. The second kappa shape index (κ2) is 9.27. The van der Waals surface area contributed by atoms with Crippen LogP contribution in [0.3, 0.4) is 0 Å². The van der Waals surface area contributed by atoms with Gasteiger partial charge in [0.05, 0.1) is 22.5 Å². The number of hydrogen-bond acceptors (Lipinski definition) is 5. The van der Waals surface area contributed by atoms with Crippen LogP contribution in [0.2, 0.25) is 0 Å². The number of nitrogens with two attached hydrogens (primary N) is 1. The Kier molecular flexibility index (Phi) is 8.84. The molecule has 0 saturated heterocycles. The number of carbonyl (C=O) groups is 1. The molecule has 0 aliphatic carbocycles. The number of nitrogens with zero attached hydrogens (tertiary/aromatic N) is 1. The summed E-state index contributed by atoms with van der Waals surface area (Å²) >= 11 is 1.55. The average Bonchev–Trinajstić information content (AvgIpc) is 3.08. The lowest BCUT2D eigenvalue weighted by molar-refractivity contribution is -0.122. The number of thiophene rings is 1. The zero-order chi connectivity index (χ0) is 15.5. The molecule has 130 valence electrons. The monoisotopic (exact) mass is 379 g/mol. The highest BCUT2D eigenvalue weighted by atomic mass is 35.5. The Balaban J connectivity index is 0.00000242. The van der Waals surface area contributed by atoms with Crippen molar-refractivity contribution in [2.45, 2.75) is 32.7 Å². The number of carbonyl (C=O) groups excluding carboxylic acids is 1. The number of oxazole rings is 1. The Hall–Kier alpha value is -1.08. The summed E-state index contributed by atoms with van der Waals surface area (Å²) in [5.74, 6) is 0.714. The van der Waals surface area contributed by atoms with Gasteiger partial charge in [0.1, 0.15) is 6.26 Å². The highest BCUT2D eigenvalue weighted by Gasteiger charge is 2.28. The normalized spacial score (nSPS) is 12.9. The van der Waals surface area contributed by atoms with E-state index < -0.39 is 5.54 Å². The molecular weight excluding hydrogens is 357 g/mol. The molecule has 23 heavy (non-hydrogen) atoms. The van der Waals surface area contributed by atoms with Crippen LogP contribution < -0.4 is 11.1 Å². The molecule has 0 fully saturated rings. The van der Waals surface area contributed by atoms with Crippen LogP contribution in [0, 0.1) is 5.92 Å². The van der Waals surface area contributed by atoms with Crippen molar-refractivity contribution in [3.8, 4) is 10.8 Å². The first-order valence-electron chi connectivity index (χ1n) is 6.94. The molecule has 2 aromatic heterocycles. The number of rotatable bonds is 6.